The van der Waals surface area contributed by atoms with Crippen molar-refractivity contribution in [2.45, 2.75) is 141 Å². The molecule has 4 aliphatic heterocycles. The van der Waals surface area contributed by atoms with E-state index in [-0.39, 0.29) is 90.3 Å². The number of anilines is 2. The number of hydrogen-bond acceptors (Lipinski definition) is 15. The van der Waals surface area contributed by atoms with Crippen molar-refractivity contribution < 1.29 is 41.8 Å². The number of carbonyl (C=O) groups excluding carboxylic acids is 3. The Labute approximate surface area is 437 Å². The number of rotatable bonds is 16. The molecule has 75 heavy (non-hydrogen) atoms. The maximum atomic E-state index is 16.8. The number of nitrogen functional groups attached to an aromatic ring is 1. The summed E-state index contributed by atoms with van der Waals surface area (Å²) in [6, 6.07) is 6.92. The molecule has 0 radical (unpaired) electrons. The van der Waals surface area contributed by atoms with E-state index in [4.69, 9.17) is 15.5 Å². The molecule has 2 unspecified atom stereocenters. The van der Waals surface area contributed by atoms with Crippen molar-refractivity contribution in [1.82, 2.24) is 50.7 Å². The van der Waals surface area contributed by atoms with Gasteiger partial charge in [0.1, 0.15) is 47.2 Å². The molecule has 3 amide bonds. The van der Waals surface area contributed by atoms with Crippen molar-refractivity contribution in [3.8, 4) is 27.8 Å². The molecular weight excluding hydrogens is 993 g/mol. The number of likely N-dealkylation sites (tertiary alicyclic amines) is 2. The second-order valence-electron chi connectivity index (χ2n) is 21.6. The highest BCUT2D eigenvalue weighted by Gasteiger charge is 2.45. The highest BCUT2D eigenvalue weighted by atomic mass is 32.1. The van der Waals surface area contributed by atoms with Crippen molar-refractivity contribution in [3.63, 3.8) is 0 Å². The highest BCUT2D eigenvalue weighted by molar-refractivity contribution is 7.13. The Morgan fingerprint density at radius 2 is 1.71 bits per heavy atom. The number of nitrogens with one attached hydrogen (secondary N) is 3. The third-order valence-electron chi connectivity index (χ3n) is 15.0. The van der Waals surface area contributed by atoms with E-state index in [1.54, 1.807) is 16.8 Å². The summed E-state index contributed by atoms with van der Waals surface area (Å²) in [6.45, 7) is 13.3. The second kappa shape index (κ2) is 21.9. The van der Waals surface area contributed by atoms with Crippen LogP contribution < -0.4 is 31.3 Å². The lowest BCUT2D eigenvalue weighted by molar-refractivity contribution is -0.144. The lowest BCUT2D eigenvalue weighted by Gasteiger charge is -2.35. The van der Waals surface area contributed by atoms with Crippen LogP contribution in [-0.4, -0.2) is 133 Å². The Bertz CT molecular complexity index is 2910. The van der Waals surface area contributed by atoms with E-state index in [0.29, 0.717) is 38.3 Å². The van der Waals surface area contributed by atoms with Crippen molar-refractivity contribution >= 4 is 51.6 Å². The minimum Gasteiger partial charge on any atom is -0.462 e. The van der Waals surface area contributed by atoms with Gasteiger partial charge in [-0.25, -0.2) is 14.4 Å². The Hall–Kier alpha value is -6.10. The minimum atomic E-state index is -4.87. The summed E-state index contributed by atoms with van der Waals surface area (Å²) in [6.07, 6.45) is 0.532. The molecule has 0 saturated carbocycles. The summed E-state index contributed by atoms with van der Waals surface area (Å²) in [5.41, 5.74) is 6.87. The van der Waals surface area contributed by atoms with Gasteiger partial charge in [-0.05, 0) is 101 Å². The zero-order chi connectivity index (χ0) is 53.5. The van der Waals surface area contributed by atoms with Crippen LogP contribution in [-0.2, 0) is 20.6 Å². The van der Waals surface area contributed by atoms with Gasteiger partial charge >= 0.3 is 12.2 Å². The molecule has 9 rings (SSSR count). The minimum absolute atomic E-state index is 0.0361. The van der Waals surface area contributed by atoms with Crippen LogP contribution in [0.1, 0.15) is 107 Å². The third-order valence-corrected chi connectivity index (χ3v) is 15.9. The van der Waals surface area contributed by atoms with Crippen LogP contribution in [0.2, 0.25) is 0 Å². The molecule has 22 heteroatoms. The number of fused-ring (bicyclic) bond motifs is 3. The molecular formula is C53H66F4N12O5S. The number of aromatic nitrogens is 5. The smallest absolute Gasteiger partial charge is 0.418 e. The Morgan fingerprint density at radius 1 is 0.973 bits per heavy atom. The standard InChI is InChI=1S/C53H66F4N12O5S/c1-28-20-39(58)63-44(41(28)53(55,56)57)45-42(54)43-37(22-59-45)48(68-23-33-16-17-34(24-68)62-33)66-51(65-43)74-26-35-10-9-19-67(35)18-8-7-11-40(71)64-47(52(4,5)6)50(73)69-25-36(70)21-38(69)49(72)61-29(2)31-12-14-32(15-13-31)46-30(3)60-27-75-46/h12-15,20,22,27,29,33-36,38,47,62,70H,7-11,16-19,21,23-26H2,1-6H3,(H2,58,63)(H,61,72)(H,64,71)/t29-,33?,34?,35-,36+,38-,47+/m0/s1. The van der Waals surface area contributed by atoms with Gasteiger partial charge in [-0.15, -0.1) is 11.3 Å². The van der Waals surface area contributed by atoms with Gasteiger partial charge in [0, 0.05) is 56.8 Å². The van der Waals surface area contributed by atoms with Crippen LogP contribution in [0.4, 0.5) is 29.2 Å². The second-order valence-corrected chi connectivity index (χ2v) is 22.5. The van der Waals surface area contributed by atoms with Crippen LogP contribution in [0.25, 0.3) is 32.7 Å². The fourth-order valence-corrected chi connectivity index (χ4v) is 11.9. The van der Waals surface area contributed by atoms with E-state index in [0.717, 1.165) is 60.0 Å². The number of halogens is 4. The van der Waals surface area contributed by atoms with Gasteiger partial charge in [0.25, 0.3) is 0 Å². The number of aryl methyl sites for hydroxylation is 2. The summed E-state index contributed by atoms with van der Waals surface area (Å²) in [4.78, 5) is 70.1. The number of thiazole rings is 1. The predicted molar refractivity (Wildman–Crippen MR) is 277 cm³/mol. The van der Waals surface area contributed by atoms with Gasteiger partial charge in [0.15, 0.2) is 5.82 Å². The number of nitrogens with two attached hydrogens (primary N) is 1. The van der Waals surface area contributed by atoms with Crippen LogP contribution in [0.15, 0.2) is 42.0 Å². The van der Waals surface area contributed by atoms with E-state index in [1.807, 2.05) is 63.8 Å². The number of alkyl halides is 3. The maximum Gasteiger partial charge on any atom is 0.418 e. The number of carbonyl (C=O) groups is 3. The van der Waals surface area contributed by atoms with E-state index < -0.39 is 58.5 Å². The first kappa shape index (κ1) is 53.7. The van der Waals surface area contributed by atoms with Gasteiger partial charge in [-0.3, -0.25) is 24.3 Å². The average Bonchev–Trinajstić information content (AvgIpc) is 4.17. The molecule has 17 nitrogen and oxygen atoms in total. The molecule has 4 aromatic heterocycles. The number of β-amino-alcohol motifs (C(OH)–C–C–N with tert-alkyl or cyclic N) is 1. The number of unbranched alkanes of at least 4 members (excludes halogenated alkanes) is 1. The first-order valence-electron chi connectivity index (χ1n) is 25.8. The van der Waals surface area contributed by atoms with Crippen LogP contribution in [0.5, 0.6) is 6.01 Å². The fourth-order valence-electron chi connectivity index (χ4n) is 11.1. The summed E-state index contributed by atoms with van der Waals surface area (Å²) in [5.74, 6) is -2.05. The van der Waals surface area contributed by atoms with Gasteiger partial charge in [0.05, 0.1) is 39.2 Å². The molecule has 8 heterocycles. The summed E-state index contributed by atoms with van der Waals surface area (Å²) in [5, 5.41) is 20.5. The number of nitrogens with zero attached hydrogens (tertiary/aromatic N) is 8. The predicted octanol–water partition coefficient (Wildman–Crippen LogP) is 6.89. The Kier molecular flexibility index (Phi) is 15.7. The Balaban J connectivity index is 0.819. The van der Waals surface area contributed by atoms with Crippen molar-refractivity contribution in [1.29, 1.82) is 0 Å². The van der Waals surface area contributed by atoms with E-state index in [1.165, 1.54) is 18.0 Å². The normalized spacial score (nSPS) is 21.9. The number of piperazine rings is 1. The molecule has 5 aromatic rings. The molecule has 7 atom stereocenters. The first-order valence-corrected chi connectivity index (χ1v) is 26.7. The number of amides is 3. The zero-order valence-corrected chi connectivity index (χ0v) is 44.0. The van der Waals surface area contributed by atoms with E-state index in [2.05, 4.69) is 40.8 Å². The molecule has 4 fully saturated rings. The monoisotopic (exact) mass is 1060 g/mol. The lowest BCUT2D eigenvalue weighted by atomic mass is 9.85. The third kappa shape index (κ3) is 11.8. The molecule has 2 bridgehead atoms. The number of ether oxygens (including phenoxy) is 1. The van der Waals surface area contributed by atoms with Crippen LogP contribution in [0, 0.1) is 25.1 Å². The number of hydrogen-bond donors (Lipinski definition) is 5. The van der Waals surface area contributed by atoms with E-state index >= 15 is 4.39 Å². The van der Waals surface area contributed by atoms with Gasteiger partial charge in [0.2, 0.25) is 17.7 Å². The molecule has 6 N–H and O–H groups in total. The largest absolute Gasteiger partial charge is 0.462 e. The van der Waals surface area contributed by atoms with E-state index in [9.17, 15) is 32.7 Å². The molecule has 4 aliphatic rings. The molecule has 0 spiro atoms. The Morgan fingerprint density at radius 3 is 2.39 bits per heavy atom. The SMILES string of the molecule is Cc1cc(N)nc(-c2ncc3c(N4CC5CCC(C4)N5)nc(OC[C@@H]4CCCN4CCCCC(=O)N[C@H](C(=O)N4C[C@H](O)C[C@H]4C(=O)N[C@@H](C)c4ccc(-c5scnc5C)cc4)C(C)(C)C)nc3c2F)c1C(F)(F)F. The number of aliphatic hydroxyl groups excluding tert-OH is 1. The van der Waals surface area contributed by atoms with Crippen molar-refractivity contribution in [3.05, 3.63) is 70.2 Å². The molecule has 4 saturated heterocycles. The first-order chi connectivity index (χ1) is 35.6. The number of benzene rings is 1. The average molecular weight is 1060 g/mol. The molecule has 0 aliphatic carbocycles. The van der Waals surface area contributed by atoms with Gasteiger partial charge in [-0.2, -0.15) is 23.1 Å². The zero-order valence-electron chi connectivity index (χ0n) is 43.1. The van der Waals surface area contributed by atoms with Crippen LogP contribution in [0.3, 0.4) is 0 Å². The summed E-state index contributed by atoms with van der Waals surface area (Å²) < 4.78 is 66.2. The topological polar surface area (TPSA) is 217 Å². The van der Waals surface area contributed by atoms with Crippen molar-refractivity contribution in [2.75, 3.05) is 50.0 Å². The van der Waals surface area contributed by atoms with Gasteiger partial charge in [-0.1, -0.05) is 45.0 Å². The van der Waals surface area contributed by atoms with Crippen molar-refractivity contribution in [2.24, 2.45) is 5.41 Å². The quantitative estimate of drug-likeness (QED) is 0.0503. The highest BCUT2D eigenvalue weighted by Crippen LogP contribution is 2.41. The fraction of sp³-hybridized carbons (Fsp3) is 0.547. The summed E-state index contributed by atoms with van der Waals surface area (Å²) >= 11 is 1.56. The van der Waals surface area contributed by atoms with Gasteiger partial charge < -0.3 is 41.3 Å². The maximum absolute atomic E-state index is 16.8. The number of pyridine rings is 2. The summed E-state index contributed by atoms with van der Waals surface area (Å²) in [7, 11) is 0. The number of aliphatic hydroxyl groups is 1. The van der Waals surface area contributed by atoms with Crippen LogP contribution >= 0.6 is 11.3 Å². The lowest BCUT2D eigenvalue weighted by Crippen LogP contribution is -2.57. The molecule has 402 valence electrons. The molecule has 1 aromatic carbocycles.